The van der Waals surface area contributed by atoms with Crippen LogP contribution in [-0.2, 0) is 28.6 Å². The smallest absolute Gasteiger partial charge is 0.490 e. The van der Waals surface area contributed by atoms with E-state index in [1.54, 1.807) is 13.3 Å². The van der Waals surface area contributed by atoms with Crippen LogP contribution in [0.4, 0.5) is 13.2 Å². The number of pyridine rings is 1. The lowest BCUT2D eigenvalue weighted by atomic mass is 9.98. The molecule has 4 aliphatic heterocycles. The van der Waals surface area contributed by atoms with Crippen molar-refractivity contribution in [1.29, 1.82) is 0 Å². The van der Waals surface area contributed by atoms with Gasteiger partial charge in [0, 0.05) is 38.8 Å². The number of hydrogen-bond acceptors (Lipinski definition) is 9. The number of carbonyl (C=O) groups is 3. The van der Waals surface area contributed by atoms with E-state index < -0.39 is 18.2 Å². The summed E-state index contributed by atoms with van der Waals surface area (Å²) in [5.74, 6) is -1.83. The molecule has 5 heterocycles. The van der Waals surface area contributed by atoms with Crippen molar-refractivity contribution in [2.75, 3.05) is 59.8 Å². The lowest BCUT2D eigenvalue weighted by molar-refractivity contribution is -0.192. The summed E-state index contributed by atoms with van der Waals surface area (Å²) in [4.78, 5) is 44.2. The van der Waals surface area contributed by atoms with Crippen LogP contribution < -0.4 is 10.1 Å². The van der Waals surface area contributed by atoms with Crippen molar-refractivity contribution in [3.8, 4) is 5.75 Å². The molecule has 4 aliphatic rings. The summed E-state index contributed by atoms with van der Waals surface area (Å²) in [5, 5.41) is 10.3. The van der Waals surface area contributed by atoms with Crippen LogP contribution in [0.5, 0.6) is 5.75 Å². The maximum Gasteiger partial charge on any atom is 0.490 e. The quantitative estimate of drug-likeness (QED) is 0.474. The number of nitrogens with one attached hydrogen (secondary N) is 1. The van der Waals surface area contributed by atoms with Crippen molar-refractivity contribution >= 4 is 17.8 Å². The Balaban J connectivity index is 0.000000493. The molecule has 0 spiro atoms. The number of hydrogen-bond donors (Lipinski definition) is 2. The summed E-state index contributed by atoms with van der Waals surface area (Å²) in [6.07, 6.45) is -1.17. The van der Waals surface area contributed by atoms with Crippen molar-refractivity contribution in [3.63, 3.8) is 0 Å². The molecule has 15 heteroatoms. The van der Waals surface area contributed by atoms with E-state index in [4.69, 9.17) is 28.8 Å². The maximum absolute atomic E-state index is 13.6. The fourth-order valence-electron chi connectivity index (χ4n) is 5.47. The summed E-state index contributed by atoms with van der Waals surface area (Å²) in [6.45, 7) is 4.65. The third kappa shape index (κ3) is 7.64. The van der Waals surface area contributed by atoms with E-state index in [0.717, 1.165) is 25.9 Å². The van der Waals surface area contributed by atoms with Gasteiger partial charge in [0.1, 0.15) is 17.9 Å². The molecule has 41 heavy (non-hydrogen) atoms. The number of aliphatic carboxylic acids is 1. The van der Waals surface area contributed by atoms with Gasteiger partial charge in [-0.1, -0.05) is 0 Å². The summed E-state index contributed by atoms with van der Waals surface area (Å²) >= 11 is 0. The van der Waals surface area contributed by atoms with Gasteiger partial charge < -0.3 is 34.3 Å². The van der Waals surface area contributed by atoms with Crippen LogP contribution in [0, 0.1) is 5.92 Å². The summed E-state index contributed by atoms with van der Waals surface area (Å²) < 4.78 is 54.0. The van der Waals surface area contributed by atoms with Gasteiger partial charge in [-0.3, -0.25) is 19.5 Å². The van der Waals surface area contributed by atoms with Gasteiger partial charge in [0.05, 0.1) is 50.9 Å². The van der Waals surface area contributed by atoms with E-state index in [2.05, 4.69) is 15.2 Å². The Morgan fingerprint density at radius 3 is 2.46 bits per heavy atom. The first-order chi connectivity index (χ1) is 19.6. The topological polar surface area (TPSA) is 140 Å². The van der Waals surface area contributed by atoms with Gasteiger partial charge in [0.2, 0.25) is 5.91 Å². The molecule has 0 aliphatic carbocycles. The zero-order valence-corrected chi connectivity index (χ0v) is 22.7. The molecule has 2 amide bonds. The van der Waals surface area contributed by atoms with E-state index >= 15 is 0 Å². The minimum Gasteiger partial charge on any atom is -0.495 e. The monoisotopic (exact) mass is 588 g/mol. The number of piperazine rings is 1. The number of methoxy groups -OCH3 is 1. The van der Waals surface area contributed by atoms with E-state index in [0.29, 0.717) is 63.4 Å². The number of ether oxygens (including phenoxy) is 4. The number of amides is 2. The molecule has 2 N–H and O–H groups in total. The molecule has 0 bridgehead atoms. The van der Waals surface area contributed by atoms with Crippen LogP contribution >= 0.6 is 0 Å². The van der Waals surface area contributed by atoms with Crippen molar-refractivity contribution < 1.29 is 51.6 Å². The minimum absolute atomic E-state index is 0.0439. The Kier molecular flexibility index (Phi) is 10.4. The minimum atomic E-state index is -5.08. The molecule has 12 nitrogen and oxygen atoms in total. The van der Waals surface area contributed by atoms with Crippen molar-refractivity contribution in [1.82, 2.24) is 20.1 Å². The zero-order chi connectivity index (χ0) is 29.6. The van der Waals surface area contributed by atoms with Crippen molar-refractivity contribution in [3.05, 3.63) is 24.0 Å². The number of carboxylic acid groups (broad SMARTS) is 1. The molecule has 1 aromatic rings. The largest absolute Gasteiger partial charge is 0.495 e. The normalized spacial score (nSPS) is 27.0. The van der Waals surface area contributed by atoms with Crippen LogP contribution in [0.1, 0.15) is 31.0 Å². The number of aromatic nitrogens is 1. The van der Waals surface area contributed by atoms with E-state index in [-0.39, 0.29) is 30.0 Å². The van der Waals surface area contributed by atoms with Crippen molar-refractivity contribution in [2.45, 2.75) is 49.7 Å². The molecule has 0 saturated carbocycles. The van der Waals surface area contributed by atoms with Gasteiger partial charge in [0.25, 0.3) is 5.91 Å². The third-order valence-corrected chi connectivity index (χ3v) is 7.62. The van der Waals surface area contributed by atoms with Crippen LogP contribution in [0.3, 0.4) is 0 Å². The predicted molar refractivity (Wildman–Crippen MR) is 135 cm³/mol. The van der Waals surface area contributed by atoms with Crippen LogP contribution in [0.2, 0.25) is 0 Å². The van der Waals surface area contributed by atoms with Gasteiger partial charge in [-0.05, 0) is 31.4 Å². The number of halogens is 3. The van der Waals surface area contributed by atoms with E-state index in [1.807, 2.05) is 17.0 Å². The van der Waals surface area contributed by atoms with Gasteiger partial charge in [-0.15, -0.1) is 0 Å². The molecule has 1 aromatic heterocycles. The van der Waals surface area contributed by atoms with E-state index in [9.17, 15) is 22.8 Å². The Morgan fingerprint density at radius 1 is 1.12 bits per heavy atom. The second-order valence-electron chi connectivity index (χ2n) is 10.2. The molecular weight excluding hydrogens is 553 g/mol. The number of rotatable bonds is 7. The molecule has 0 aromatic carbocycles. The number of carbonyl (C=O) groups excluding carboxylic acids is 2. The lowest BCUT2D eigenvalue weighted by Gasteiger charge is -2.46. The second kappa shape index (κ2) is 13.8. The van der Waals surface area contributed by atoms with Crippen LogP contribution in [0.25, 0.3) is 0 Å². The SMILES string of the molecule is COc1ccc(C(C(=O)NCC2CCOC2)N2CCN(C(=O)[C@@H]3CCCO3)[C@H]3COC[C@H]32)nc1.O=C(O)C(F)(F)F. The fraction of sp³-hybridized carbons (Fsp3) is 0.692. The van der Waals surface area contributed by atoms with Crippen LogP contribution in [0.15, 0.2) is 18.3 Å². The highest BCUT2D eigenvalue weighted by Crippen LogP contribution is 2.33. The molecule has 2 unspecified atom stereocenters. The first-order valence-electron chi connectivity index (χ1n) is 13.5. The van der Waals surface area contributed by atoms with Crippen molar-refractivity contribution in [2.24, 2.45) is 5.92 Å². The van der Waals surface area contributed by atoms with Crippen LogP contribution in [-0.4, -0.2) is 122 Å². The third-order valence-electron chi connectivity index (χ3n) is 7.62. The molecular formula is C26H35F3N4O8. The number of nitrogens with zero attached hydrogens (tertiary/aromatic N) is 3. The molecule has 228 valence electrons. The molecule has 5 atom stereocenters. The number of fused-ring (bicyclic) bond motifs is 1. The average Bonchev–Trinajstić information content (AvgIpc) is 3.75. The first kappa shape index (κ1) is 30.9. The Labute approximate surface area is 235 Å². The lowest BCUT2D eigenvalue weighted by Crippen LogP contribution is -2.63. The second-order valence-corrected chi connectivity index (χ2v) is 10.2. The Hall–Kier alpha value is -3.01. The van der Waals surface area contributed by atoms with Gasteiger partial charge in [-0.25, -0.2) is 4.79 Å². The standard InChI is InChI=1S/C24H34N4O6.C2HF3O2/c1-31-17-4-5-18(25-12-17)22(23(29)26-11-16-6-10-32-13-16)27-7-8-28(20-15-33-14-19(20)27)24(30)21-3-2-9-34-21;3-2(4,5)1(6)7/h4-5,12,16,19-22H,2-3,6-11,13-15H2,1H3,(H,26,29);(H,6,7)/t16?,19-,20+,21+,22?;/m1./s1. The Morgan fingerprint density at radius 2 is 1.88 bits per heavy atom. The number of carboxylic acids is 1. The highest BCUT2D eigenvalue weighted by molar-refractivity contribution is 5.83. The van der Waals surface area contributed by atoms with Gasteiger partial charge >= 0.3 is 12.1 Å². The molecule has 4 saturated heterocycles. The Bertz CT molecular complexity index is 1050. The molecule has 0 radical (unpaired) electrons. The average molecular weight is 589 g/mol. The highest BCUT2D eigenvalue weighted by atomic mass is 19.4. The first-order valence-corrected chi connectivity index (χ1v) is 13.5. The molecule has 5 rings (SSSR count). The number of alkyl halides is 3. The zero-order valence-electron chi connectivity index (χ0n) is 22.7. The van der Waals surface area contributed by atoms with Gasteiger partial charge in [-0.2, -0.15) is 13.2 Å². The highest BCUT2D eigenvalue weighted by Gasteiger charge is 2.48. The van der Waals surface area contributed by atoms with Gasteiger partial charge in [0.15, 0.2) is 0 Å². The van der Waals surface area contributed by atoms with E-state index in [1.165, 1.54) is 0 Å². The molecule has 4 fully saturated rings. The summed E-state index contributed by atoms with van der Waals surface area (Å²) in [6, 6.07) is 2.89. The predicted octanol–water partition coefficient (Wildman–Crippen LogP) is 1.01. The maximum atomic E-state index is 13.6. The summed E-state index contributed by atoms with van der Waals surface area (Å²) in [5.41, 5.74) is 0.658. The fourth-order valence-corrected chi connectivity index (χ4v) is 5.47. The summed E-state index contributed by atoms with van der Waals surface area (Å²) in [7, 11) is 1.59.